The van der Waals surface area contributed by atoms with Crippen LogP contribution in [-0.2, 0) is 14.3 Å². The lowest BCUT2D eigenvalue weighted by Gasteiger charge is -2.08. The Labute approximate surface area is 157 Å². The smallest absolute Gasteiger partial charge is 0.338 e. The van der Waals surface area contributed by atoms with Gasteiger partial charge in [-0.2, -0.15) is 0 Å². The van der Waals surface area contributed by atoms with Crippen LogP contribution in [0, 0.1) is 11.6 Å². The largest absolute Gasteiger partial charge is 0.454 e. The molecule has 2 aromatic rings. The number of carbonyl (C=O) groups excluding carboxylic acids is 3. The molecule has 0 fully saturated rings. The lowest BCUT2D eigenvalue weighted by Crippen LogP contribution is -2.35. The molecule has 0 saturated carbocycles. The third-order valence-corrected chi connectivity index (χ3v) is 3.59. The molecule has 0 saturated heterocycles. The molecule has 0 aliphatic carbocycles. The van der Waals surface area contributed by atoms with Crippen LogP contribution in [0.5, 0.6) is 11.5 Å². The van der Waals surface area contributed by atoms with Crippen molar-refractivity contribution in [3.05, 3.63) is 53.6 Å². The SMILES string of the molecule is O=C(COC(=O)c1ccc2c(c1)OCO2)NCC(=O)Nc1ccc(F)c(F)c1. The molecule has 3 rings (SSSR count). The topological polar surface area (TPSA) is 103 Å². The molecule has 0 aromatic heterocycles. The van der Waals surface area contributed by atoms with E-state index in [1.807, 2.05) is 0 Å². The van der Waals surface area contributed by atoms with Crippen LogP contribution in [0.1, 0.15) is 10.4 Å². The number of fused-ring (bicyclic) bond motifs is 1. The molecule has 2 aromatic carbocycles. The Bertz CT molecular complexity index is 934. The van der Waals surface area contributed by atoms with Crippen molar-refractivity contribution in [2.45, 2.75) is 0 Å². The molecule has 2 N–H and O–H groups in total. The third kappa shape index (κ3) is 4.72. The highest BCUT2D eigenvalue weighted by atomic mass is 19.2. The predicted octanol–water partition coefficient (Wildman–Crippen LogP) is 1.61. The number of anilines is 1. The number of benzene rings is 2. The van der Waals surface area contributed by atoms with Crippen LogP contribution in [-0.4, -0.2) is 37.7 Å². The van der Waals surface area contributed by atoms with Gasteiger partial charge in [-0.15, -0.1) is 0 Å². The first-order valence-electron chi connectivity index (χ1n) is 8.01. The average molecular weight is 392 g/mol. The number of rotatable bonds is 6. The quantitative estimate of drug-likeness (QED) is 0.724. The fourth-order valence-corrected chi connectivity index (χ4v) is 2.25. The molecule has 1 heterocycles. The lowest BCUT2D eigenvalue weighted by atomic mass is 10.2. The number of ether oxygens (including phenoxy) is 3. The predicted molar refractivity (Wildman–Crippen MR) is 90.8 cm³/mol. The van der Waals surface area contributed by atoms with Crippen LogP contribution in [0.2, 0.25) is 0 Å². The minimum atomic E-state index is -1.11. The summed E-state index contributed by atoms with van der Waals surface area (Å²) in [7, 11) is 0. The van der Waals surface area contributed by atoms with Crippen molar-refractivity contribution in [3.8, 4) is 11.5 Å². The van der Waals surface area contributed by atoms with E-state index in [1.165, 1.54) is 18.2 Å². The molecule has 1 aliphatic heterocycles. The Morgan fingerprint density at radius 2 is 1.75 bits per heavy atom. The van der Waals surface area contributed by atoms with E-state index in [0.29, 0.717) is 11.5 Å². The number of carbonyl (C=O) groups is 3. The van der Waals surface area contributed by atoms with Gasteiger partial charge in [0, 0.05) is 11.8 Å². The summed E-state index contributed by atoms with van der Waals surface area (Å²) in [5, 5.41) is 4.52. The molecule has 146 valence electrons. The molecule has 0 bridgehead atoms. The second-order valence-corrected chi connectivity index (χ2v) is 5.60. The molecular weight excluding hydrogens is 378 g/mol. The monoisotopic (exact) mass is 392 g/mol. The summed E-state index contributed by atoms with van der Waals surface area (Å²) in [5.41, 5.74) is 0.209. The molecular formula is C18H14F2N2O6. The Balaban J connectivity index is 1.42. The summed E-state index contributed by atoms with van der Waals surface area (Å²) in [6, 6.07) is 7.27. The van der Waals surface area contributed by atoms with Gasteiger partial charge in [-0.05, 0) is 30.3 Å². The zero-order chi connectivity index (χ0) is 20.1. The van der Waals surface area contributed by atoms with E-state index in [2.05, 4.69) is 10.6 Å². The lowest BCUT2D eigenvalue weighted by molar-refractivity contribution is -0.126. The summed E-state index contributed by atoms with van der Waals surface area (Å²) in [5.74, 6) is -3.39. The zero-order valence-corrected chi connectivity index (χ0v) is 14.3. The molecule has 1 aliphatic rings. The summed E-state index contributed by atoms with van der Waals surface area (Å²) >= 11 is 0. The fourth-order valence-electron chi connectivity index (χ4n) is 2.25. The van der Waals surface area contributed by atoms with Gasteiger partial charge in [0.1, 0.15) is 0 Å². The van der Waals surface area contributed by atoms with Crippen molar-refractivity contribution >= 4 is 23.5 Å². The van der Waals surface area contributed by atoms with Gasteiger partial charge in [-0.1, -0.05) is 0 Å². The van der Waals surface area contributed by atoms with Gasteiger partial charge in [0.05, 0.1) is 12.1 Å². The third-order valence-electron chi connectivity index (χ3n) is 3.59. The second-order valence-electron chi connectivity index (χ2n) is 5.60. The Morgan fingerprint density at radius 1 is 0.964 bits per heavy atom. The number of amides is 2. The van der Waals surface area contributed by atoms with E-state index in [0.717, 1.165) is 12.1 Å². The van der Waals surface area contributed by atoms with Crippen LogP contribution in [0.15, 0.2) is 36.4 Å². The van der Waals surface area contributed by atoms with Crippen molar-refractivity contribution in [1.29, 1.82) is 0 Å². The maximum Gasteiger partial charge on any atom is 0.338 e. The first-order chi connectivity index (χ1) is 13.4. The molecule has 0 atom stereocenters. The minimum Gasteiger partial charge on any atom is -0.454 e. The van der Waals surface area contributed by atoms with Crippen molar-refractivity contribution < 1.29 is 37.4 Å². The van der Waals surface area contributed by atoms with Crippen LogP contribution in [0.4, 0.5) is 14.5 Å². The number of nitrogens with one attached hydrogen (secondary N) is 2. The van der Waals surface area contributed by atoms with Crippen molar-refractivity contribution in [3.63, 3.8) is 0 Å². The second kappa shape index (κ2) is 8.33. The molecule has 28 heavy (non-hydrogen) atoms. The van der Waals surface area contributed by atoms with Gasteiger partial charge in [-0.3, -0.25) is 9.59 Å². The molecule has 0 spiro atoms. The maximum atomic E-state index is 13.1. The standard InChI is InChI=1S/C18H14F2N2O6/c19-12-3-2-11(6-13(12)20)22-16(23)7-21-17(24)8-26-18(25)10-1-4-14-15(5-10)28-9-27-14/h1-6H,7-9H2,(H,21,24)(H,22,23). The first-order valence-corrected chi connectivity index (χ1v) is 8.01. The Morgan fingerprint density at radius 3 is 2.54 bits per heavy atom. The average Bonchev–Trinajstić information content (AvgIpc) is 3.15. The molecule has 10 heteroatoms. The van der Waals surface area contributed by atoms with Crippen molar-refractivity contribution in [2.24, 2.45) is 0 Å². The van der Waals surface area contributed by atoms with Crippen LogP contribution in [0.3, 0.4) is 0 Å². The normalized spacial score (nSPS) is 11.6. The van der Waals surface area contributed by atoms with Gasteiger partial charge >= 0.3 is 5.97 Å². The Hall–Kier alpha value is -3.69. The fraction of sp³-hybridized carbons (Fsp3) is 0.167. The van der Waals surface area contributed by atoms with E-state index >= 15 is 0 Å². The number of esters is 1. The van der Waals surface area contributed by atoms with Crippen LogP contribution >= 0.6 is 0 Å². The van der Waals surface area contributed by atoms with E-state index in [-0.39, 0.29) is 18.0 Å². The van der Waals surface area contributed by atoms with Gasteiger partial charge in [-0.25, -0.2) is 13.6 Å². The van der Waals surface area contributed by atoms with E-state index in [4.69, 9.17) is 14.2 Å². The van der Waals surface area contributed by atoms with Crippen LogP contribution in [0.25, 0.3) is 0 Å². The molecule has 0 radical (unpaired) electrons. The van der Waals surface area contributed by atoms with Gasteiger partial charge in [0.25, 0.3) is 5.91 Å². The van der Waals surface area contributed by atoms with Gasteiger partial charge < -0.3 is 24.8 Å². The van der Waals surface area contributed by atoms with Gasteiger partial charge in [0.15, 0.2) is 29.7 Å². The zero-order valence-electron chi connectivity index (χ0n) is 14.3. The highest BCUT2D eigenvalue weighted by Gasteiger charge is 2.18. The first kappa shape index (κ1) is 19.1. The molecule has 0 unspecified atom stereocenters. The van der Waals surface area contributed by atoms with E-state index < -0.39 is 42.6 Å². The number of halogens is 2. The van der Waals surface area contributed by atoms with E-state index in [1.54, 1.807) is 6.07 Å². The van der Waals surface area contributed by atoms with Crippen molar-refractivity contribution in [1.82, 2.24) is 5.32 Å². The Kier molecular flexibility index (Phi) is 5.68. The molecule has 2 amide bonds. The number of hydrogen-bond acceptors (Lipinski definition) is 6. The molecule has 8 nitrogen and oxygen atoms in total. The highest BCUT2D eigenvalue weighted by molar-refractivity contribution is 5.95. The van der Waals surface area contributed by atoms with E-state index in [9.17, 15) is 23.2 Å². The van der Waals surface area contributed by atoms with Gasteiger partial charge in [0.2, 0.25) is 12.7 Å². The minimum absolute atomic E-state index is 0.0346. The summed E-state index contributed by atoms with van der Waals surface area (Å²) in [6.45, 7) is -0.992. The maximum absolute atomic E-state index is 13.1. The summed E-state index contributed by atoms with van der Waals surface area (Å²) < 4.78 is 41.0. The summed E-state index contributed by atoms with van der Waals surface area (Å²) in [6.07, 6.45) is 0. The van der Waals surface area contributed by atoms with Crippen molar-refractivity contribution in [2.75, 3.05) is 25.3 Å². The number of hydrogen-bond donors (Lipinski definition) is 2. The highest BCUT2D eigenvalue weighted by Crippen LogP contribution is 2.32. The van der Waals surface area contributed by atoms with Crippen LogP contribution < -0.4 is 20.1 Å². The summed E-state index contributed by atoms with van der Waals surface area (Å²) in [4.78, 5) is 35.3.